The predicted octanol–water partition coefficient (Wildman–Crippen LogP) is 2.57. The number of ether oxygens (including phenoxy) is 1. The predicted molar refractivity (Wildman–Crippen MR) is 72.8 cm³/mol. The van der Waals surface area contributed by atoms with Crippen molar-refractivity contribution in [2.45, 2.75) is 20.0 Å². The van der Waals surface area contributed by atoms with Crippen LogP contribution in [0.25, 0.3) is 11.4 Å². The Morgan fingerprint density at radius 2 is 2.11 bits per heavy atom. The highest BCUT2D eigenvalue weighted by Gasteiger charge is 2.04. The summed E-state index contributed by atoms with van der Waals surface area (Å²) in [5.74, 6) is 1.61. The zero-order valence-corrected chi connectivity index (χ0v) is 11.0. The fraction of sp³-hybridized carbons (Fsp3) is 0.250. The van der Waals surface area contributed by atoms with Gasteiger partial charge >= 0.3 is 0 Å². The number of aromatic nitrogens is 3. The van der Waals surface area contributed by atoms with Crippen molar-refractivity contribution in [1.29, 1.82) is 0 Å². The number of nitrogens with one attached hydrogen (secondary N) is 1. The van der Waals surface area contributed by atoms with E-state index >= 15 is 0 Å². The van der Waals surface area contributed by atoms with Crippen molar-refractivity contribution in [2.75, 3.05) is 5.73 Å². The van der Waals surface area contributed by atoms with Gasteiger partial charge in [-0.3, -0.25) is 0 Å². The van der Waals surface area contributed by atoms with Gasteiger partial charge in [-0.2, -0.15) is 4.98 Å². The minimum atomic E-state index is 0.120. The highest BCUT2D eigenvalue weighted by Crippen LogP contribution is 2.21. The molecule has 6 heteroatoms. The second-order valence-electron chi connectivity index (χ2n) is 4.06. The zero-order chi connectivity index (χ0) is 13.1. The van der Waals surface area contributed by atoms with Gasteiger partial charge in [-0.05, 0) is 38.2 Å². The van der Waals surface area contributed by atoms with Crippen LogP contribution in [0.5, 0.6) is 5.75 Å². The molecule has 0 aliphatic heterocycles. The van der Waals surface area contributed by atoms with Gasteiger partial charge in [0.25, 0.3) is 0 Å². The van der Waals surface area contributed by atoms with Gasteiger partial charge in [0.1, 0.15) is 11.6 Å². The smallest absolute Gasteiger partial charge is 0.224 e. The van der Waals surface area contributed by atoms with Gasteiger partial charge in [0.15, 0.2) is 0 Å². The number of aromatic amines is 1. The number of nitrogens with two attached hydrogens (primary N) is 1. The van der Waals surface area contributed by atoms with Crippen LogP contribution in [0.1, 0.15) is 13.8 Å². The summed E-state index contributed by atoms with van der Waals surface area (Å²) >= 11 is 4.94. The van der Waals surface area contributed by atoms with Crippen LogP contribution < -0.4 is 10.5 Å². The van der Waals surface area contributed by atoms with Crippen molar-refractivity contribution in [2.24, 2.45) is 0 Å². The average molecular weight is 262 g/mol. The van der Waals surface area contributed by atoms with Crippen molar-refractivity contribution in [3.8, 4) is 17.1 Å². The first-order valence-electron chi connectivity index (χ1n) is 5.55. The van der Waals surface area contributed by atoms with Crippen LogP contribution in [0.4, 0.5) is 5.95 Å². The van der Waals surface area contributed by atoms with E-state index in [0.717, 1.165) is 11.3 Å². The number of nitrogens with zero attached hydrogens (tertiary/aromatic N) is 2. The number of H-pyrrole nitrogens is 1. The van der Waals surface area contributed by atoms with Crippen molar-refractivity contribution in [1.82, 2.24) is 15.0 Å². The van der Waals surface area contributed by atoms with Crippen LogP contribution in [0.15, 0.2) is 24.3 Å². The molecule has 0 aliphatic rings. The van der Waals surface area contributed by atoms with E-state index in [-0.39, 0.29) is 16.8 Å². The lowest BCUT2D eigenvalue weighted by Crippen LogP contribution is -2.05. The molecule has 0 amide bonds. The summed E-state index contributed by atoms with van der Waals surface area (Å²) in [6.07, 6.45) is 0.120. The van der Waals surface area contributed by atoms with E-state index < -0.39 is 0 Å². The van der Waals surface area contributed by atoms with E-state index in [2.05, 4.69) is 15.0 Å². The molecule has 5 nitrogen and oxygen atoms in total. The first kappa shape index (κ1) is 12.5. The molecular formula is C12H14N4OS. The molecule has 1 heterocycles. The van der Waals surface area contributed by atoms with E-state index in [9.17, 15) is 0 Å². The van der Waals surface area contributed by atoms with Gasteiger partial charge in [-0.1, -0.05) is 12.1 Å². The lowest BCUT2D eigenvalue weighted by molar-refractivity contribution is 0.242. The minimum Gasteiger partial charge on any atom is -0.491 e. The third kappa shape index (κ3) is 3.04. The molecule has 0 aliphatic carbocycles. The number of hydrogen-bond donors (Lipinski definition) is 2. The highest BCUT2D eigenvalue weighted by molar-refractivity contribution is 7.71. The standard InChI is InChI=1S/C12H14N4OS/c1-7(2)17-9-5-3-4-8(6-9)10-14-11(13)16-12(18)15-10/h3-7H,1-2H3,(H3,13,14,15,16,18). The van der Waals surface area contributed by atoms with E-state index in [4.69, 9.17) is 22.7 Å². The maximum Gasteiger partial charge on any atom is 0.224 e. The molecule has 18 heavy (non-hydrogen) atoms. The summed E-state index contributed by atoms with van der Waals surface area (Å²) in [6, 6.07) is 7.57. The number of hydrogen-bond acceptors (Lipinski definition) is 5. The summed E-state index contributed by atoms with van der Waals surface area (Å²) in [5, 5.41) is 0. The van der Waals surface area contributed by atoms with Crippen LogP contribution in [0, 0.1) is 4.77 Å². The number of nitrogen functional groups attached to an aromatic ring is 1. The summed E-state index contributed by atoms with van der Waals surface area (Å²) < 4.78 is 5.84. The lowest BCUT2D eigenvalue weighted by Gasteiger charge is -2.10. The lowest BCUT2D eigenvalue weighted by atomic mass is 10.2. The molecule has 3 N–H and O–H groups in total. The maximum atomic E-state index is 5.62. The second kappa shape index (κ2) is 5.14. The Morgan fingerprint density at radius 3 is 2.78 bits per heavy atom. The Bertz CT molecular complexity index is 609. The summed E-state index contributed by atoms with van der Waals surface area (Å²) in [4.78, 5) is 10.8. The van der Waals surface area contributed by atoms with E-state index in [1.54, 1.807) is 0 Å². The molecule has 0 bridgehead atoms. The molecular weight excluding hydrogens is 248 g/mol. The number of anilines is 1. The number of rotatable bonds is 3. The van der Waals surface area contributed by atoms with Crippen molar-refractivity contribution < 1.29 is 4.74 Å². The fourth-order valence-corrected chi connectivity index (χ4v) is 1.72. The van der Waals surface area contributed by atoms with Crippen molar-refractivity contribution >= 4 is 18.2 Å². The molecule has 0 spiro atoms. The van der Waals surface area contributed by atoms with Crippen LogP contribution in [-0.4, -0.2) is 21.1 Å². The third-order valence-electron chi connectivity index (χ3n) is 2.15. The zero-order valence-electron chi connectivity index (χ0n) is 10.2. The Morgan fingerprint density at radius 1 is 1.33 bits per heavy atom. The fourth-order valence-electron chi connectivity index (χ4n) is 1.53. The Balaban J connectivity index is 2.41. The van der Waals surface area contributed by atoms with Gasteiger partial charge < -0.3 is 15.5 Å². The van der Waals surface area contributed by atoms with Crippen LogP contribution in [-0.2, 0) is 0 Å². The topological polar surface area (TPSA) is 76.8 Å². The average Bonchev–Trinajstić information content (AvgIpc) is 2.27. The van der Waals surface area contributed by atoms with Crippen molar-refractivity contribution in [3.63, 3.8) is 0 Å². The molecule has 0 fully saturated rings. The number of benzene rings is 1. The normalized spacial score (nSPS) is 10.6. The van der Waals surface area contributed by atoms with Gasteiger partial charge in [-0.15, -0.1) is 0 Å². The van der Waals surface area contributed by atoms with Crippen LogP contribution in [0.3, 0.4) is 0 Å². The van der Waals surface area contributed by atoms with E-state index in [0.29, 0.717) is 5.82 Å². The SMILES string of the molecule is CC(C)Oc1cccc(-c2nc(=S)nc(N)[nH]2)c1. The van der Waals surface area contributed by atoms with Gasteiger partial charge in [-0.25, -0.2) is 4.98 Å². The quantitative estimate of drug-likeness (QED) is 0.831. The molecule has 94 valence electrons. The Hall–Kier alpha value is -1.95. The van der Waals surface area contributed by atoms with E-state index in [1.165, 1.54) is 0 Å². The monoisotopic (exact) mass is 262 g/mol. The molecule has 0 atom stereocenters. The highest BCUT2D eigenvalue weighted by atomic mass is 32.1. The minimum absolute atomic E-state index is 0.120. The Labute approximate surface area is 110 Å². The molecule has 0 saturated heterocycles. The largest absolute Gasteiger partial charge is 0.491 e. The molecule has 0 unspecified atom stereocenters. The first-order chi connectivity index (χ1) is 8.54. The summed E-state index contributed by atoms with van der Waals surface area (Å²) in [7, 11) is 0. The Kier molecular flexibility index (Phi) is 3.57. The second-order valence-corrected chi connectivity index (χ2v) is 4.42. The van der Waals surface area contributed by atoms with Crippen LogP contribution >= 0.6 is 12.2 Å². The van der Waals surface area contributed by atoms with Gasteiger partial charge in [0.05, 0.1) is 6.10 Å². The van der Waals surface area contributed by atoms with Crippen molar-refractivity contribution in [3.05, 3.63) is 29.0 Å². The summed E-state index contributed by atoms with van der Waals surface area (Å²) in [6.45, 7) is 3.95. The molecule has 0 saturated carbocycles. The van der Waals surface area contributed by atoms with E-state index in [1.807, 2.05) is 38.1 Å². The molecule has 0 radical (unpaired) electrons. The maximum absolute atomic E-state index is 5.62. The third-order valence-corrected chi connectivity index (χ3v) is 2.33. The van der Waals surface area contributed by atoms with Gasteiger partial charge in [0.2, 0.25) is 10.7 Å². The molecule has 2 rings (SSSR count). The first-order valence-corrected chi connectivity index (χ1v) is 5.96. The molecule has 1 aromatic carbocycles. The van der Waals surface area contributed by atoms with Crippen LogP contribution in [0.2, 0.25) is 0 Å². The summed E-state index contributed by atoms with van der Waals surface area (Å²) in [5.41, 5.74) is 6.47. The van der Waals surface area contributed by atoms with Gasteiger partial charge in [0, 0.05) is 5.56 Å². The molecule has 2 aromatic rings. The molecule has 1 aromatic heterocycles.